The molecular formula is C14H21NO. The van der Waals surface area contributed by atoms with Gasteiger partial charge in [-0.2, -0.15) is 0 Å². The highest BCUT2D eigenvalue weighted by molar-refractivity contribution is 5.47. The monoisotopic (exact) mass is 219 g/mol. The third-order valence-corrected chi connectivity index (χ3v) is 3.15. The first-order valence-corrected chi connectivity index (χ1v) is 6.33. The normalized spacial score (nSPS) is 16.9. The summed E-state index contributed by atoms with van der Waals surface area (Å²) >= 11 is 0. The summed E-state index contributed by atoms with van der Waals surface area (Å²) in [6.45, 7) is 4.99. The maximum Gasteiger partial charge on any atom is 0.119 e. The molecule has 0 saturated heterocycles. The summed E-state index contributed by atoms with van der Waals surface area (Å²) < 4.78 is 5.42. The topological polar surface area (TPSA) is 21.3 Å². The second-order valence-corrected chi connectivity index (χ2v) is 4.45. The van der Waals surface area contributed by atoms with Crippen LogP contribution in [0.25, 0.3) is 0 Å². The van der Waals surface area contributed by atoms with Crippen LogP contribution in [0.3, 0.4) is 0 Å². The first-order chi connectivity index (χ1) is 7.83. The van der Waals surface area contributed by atoms with Crippen molar-refractivity contribution in [1.82, 2.24) is 0 Å². The van der Waals surface area contributed by atoms with E-state index in [2.05, 4.69) is 24.4 Å². The quantitative estimate of drug-likeness (QED) is 0.788. The van der Waals surface area contributed by atoms with E-state index in [0.29, 0.717) is 6.04 Å². The number of benzene rings is 1. The Balaban J connectivity index is 1.92. The molecule has 0 heterocycles. The molecule has 1 aliphatic carbocycles. The van der Waals surface area contributed by atoms with Gasteiger partial charge < -0.3 is 10.1 Å². The Bertz CT molecular complexity index is 316. The van der Waals surface area contributed by atoms with Crippen LogP contribution in [0.5, 0.6) is 5.75 Å². The molecule has 1 atom stereocenters. The third-order valence-electron chi connectivity index (χ3n) is 3.15. The van der Waals surface area contributed by atoms with Crippen LogP contribution in [0.1, 0.15) is 33.1 Å². The molecule has 88 valence electrons. The Morgan fingerprint density at radius 2 is 1.94 bits per heavy atom. The summed E-state index contributed by atoms with van der Waals surface area (Å²) in [6, 6.07) is 8.93. The van der Waals surface area contributed by atoms with Crippen LogP contribution in [0.15, 0.2) is 24.3 Å². The Labute approximate surface area is 98.0 Å². The Morgan fingerprint density at radius 3 is 2.44 bits per heavy atom. The van der Waals surface area contributed by atoms with Crippen LogP contribution in [0.2, 0.25) is 0 Å². The van der Waals surface area contributed by atoms with Gasteiger partial charge in [-0.3, -0.25) is 0 Å². The Hall–Kier alpha value is -1.18. The van der Waals surface area contributed by atoms with Gasteiger partial charge in [0.05, 0.1) is 6.61 Å². The average molecular weight is 219 g/mol. The number of anilines is 1. The Morgan fingerprint density at radius 1 is 1.25 bits per heavy atom. The lowest BCUT2D eigenvalue weighted by atomic mass is 10.1. The summed E-state index contributed by atoms with van der Waals surface area (Å²) in [6.07, 6.45) is 3.99. The number of ether oxygens (including phenoxy) is 1. The highest BCUT2D eigenvalue weighted by Crippen LogP contribution is 2.35. The van der Waals surface area contributed by atoms with E-state index < -0.39 is 0 Å². The smallest absolute Gasteiger partial charge is 0.119 e. The molecule has 2 nitrogen and oxygen atoms in total. The molecule has 1 saturated carbocycles. The SMILES string of the molecule is CCOc1ccc(NC(CC)C2CC2)cc1. The molecular weight excluding hydrogens is 198 g/mol. The first-order valence-electron chi connectivity index (χ1n) is 6.33. The number of hydrogen-bond donors (Lipinski definition) is 1. The van der Waals surface area contributed by atoms with Crippen LogP contribution in [0, 0.1) is 5.92 Å². The van der Waals surface area contributed by atoms with Crippen LogP contribution in [-0.4, -0.2) is 12.6 Å². The van der Waals surface area contributed by atoms with Gasteiger partial charge in [-0.05, 0) is 56.4 Å². The molecule has 2 rings (SSSR count). The van der Waals surface area contributed by atoms with Crippen molar-refractivity contribution in [2.75, 3.05) is 11.9 Å². The second kappa shape index (κ2) is 5.24. The van der Waals surface area contributed by atoms with Gasteiger partial charge in [-0.25, -0.2) is 0 Å². The maximum atomic E-state index is 5.42. The summed E-state index contributed by atoms with van der Waals surface area (Å²) in [5.41, 5.74) is 1.21. The van der Waals surface area contributed by atoms with Crippen LogP contribution in [0.4, 0.5) is 5.69 Å². The predicted octanol–water partition coefficient (Wildman–Crippen LogP) is 3.69. The standard InChI is InChI=1S/C14H21NO/c1-3-14(11-5-6-11)15-12-7-9-13(10-8-12)16-4-2/h7-11,14-15H,3-6H2,1-2H3. The summed E-state index contributed by atoms with van der Waals surface area (Å²) in [5, 5.41) is 3.60. The molecule has 0 radical (unpaired) electrons. The lowest BCUT2D eigenvalue weighted by Gasteiger charge is -2.17. The van der Waals surface area contributed by atoms with E-state index in [1.165, 1.54) is 24.9 Å². The average Bonchev–Trinajstić information content (AvgIpc) is 3.12. The lowest BCUT2D eigenvalue weighted by molar-refractivity contribution is 0.340. The molecule has 1 aliphatic rings. The zero-order chi connectivity index (χ0) is 11.4. The number of hydrogen-bond acceptors (Lipinski definition) is 2. The van der Waals surface area contributed by atoms with Gasteiger partial charge in [0.2, 0.25) is 0 Å². The second-order valence-electron chi connectivity index (χ2n) is 4.45. The van der Waals surface area contributed by atoms with Crippen LogP contribution < -0.4 is 10.1 Å². The fourth-order valence-corrected chi connectivity index (χ4v) is 2.08. The Kier molecular flexibility index (Phi) is 3.70. The van der Waals surface area contributed by atoms with Gasteiger partial charge in [-0.1, -0.05) is 6.92 Å². The fraction of sp³-hybridized carbons (Fsp3) is 0.571. The van der Waals surface area contributed by atoms with Crippen molar-refractivity contribution in [3.05, 3.63) is 24.3 Å². The molecule has 1 aromatic carbocycles. The van der Waals surface area contributed by atoms with Crippen molar-refractivity contribution in [2.24, 2.45) is 5.92 Å². The summed E-state index contributed by atoms with van der Waals surface area (Å²) in [5.74, 6) is 1.85. The van der Waals surface area contributed by atoms with E-state index in [9.17, 15) is 0 Å². The molecule has 1 unspecified atom stereocenters. The van der Waals surface area contributed by atoms with E-state index >= 15 is 0 Å². The van der Waals surface area contributed by atoms with E-state index in [-0.39, 0.29) is 0 Å². The van der Waals surface area contributed by atoms with E-state index in [0.717, 1.165) is 18.3 Å². The summed E-state index contributed by atoms with van der Waals surface area (Å²) in [4.78, 5) is 0. The molecule has 1 N–H and O–H groups in total. The van der Waals surface area contributed by atoms with E-state index in [1.807, 2.05) is 19.1 Å². The minimum Gasteiger partial charge on any atom is -0.494 e. The third kappa shape index (κ3) is 2.91. The molecule has 0 aliphatic heterocycles. The van der Waals surface area contributed by atoms with Crippen molar-refractivity contribution in [3.63, 3.8) is 0 Å². The van der Waals surface area contributed by atoms with E-state index in [4.69, 9.17) is 4.74 Å². The highest BCUT2D eigenvalue weighted by atomic mass is 16.5. The van der Waals surface area contributed by atoms with Crippen molar-refractivity contribution < 1.29 is 4.74 Å². The molecule has 1 aromatic rings. The lowest BCUT2D eigenvalue weighted by Crippen LogP contribution is -2.20. The van der Waals surface area contributed by atoms with Crippen molar-refractivity contribution in [1.29, 1.82) is 0 Å². The highest BCUT2D eigenvalue weighted by Gasteiger charge is 2.29. The minimum absolute atomic E-state index is 0.651. The van der Waals surface area contributed by atoms with Gasteiger partial charge in [0, 0.05) is 11.7 Å². The number of nitrogens with one attached hydrogen (secondary N) is 1. The van der Waals surface area contributed by atoms with Crippen molar-refractivity contribution in [2.45, 2.75) is 39.2 Å². The maximum absolute atomic E-state index is 5.42. The van der Waals surface area contributed by atoms with Gasteiger partial charge in [0.15, 0.2) is 0 Å². The molecule has 1 fully saturated rings. The van der Waals surface area contributed by atoms with E-state index in [1.54, 1.807) is 0 Å². The van der Waals surface area contributed by atoms with Gasteiger partial charge in [0.25, 0.3) is 0 Å². The zero-order valence-corrected chi connectivity index (χ0v) is 10.2. The summed E-state index contributed by atoms with van der Waals surface area (Å²) in [7, 11) is 0. The van der Waals surface area contributed by atoms with Gasteiger partial charge >= 0.3 is 0 Å². The molecule has 0 amide bonds. The molecule has 16 heavy (non-hydrogen) atoms. The molecule has 0 spiro atoms. The van der Waals surface area contributed by atoms with Crippen LogP contribution >= 0.6 is 0 Å². The molecule has 0 aromatic heterocycles. The minimum atomic E-state index is 0.651. The fourth-order valence-electron chi connectivity index (χ4n) is 2.08. The van der Waals surface area contributed by atoms with Crippen molar-refractivity contribution >= 4 is 5.69 Å². The number of rotatable bonds is 6. The largest absolute Gasteiger partial charge is 0.494 e. The van der Waals surface area contributed by atoms with Gasteiger partial charge in [0.1, 0.15) is 5.75 Å². The van der Waals surface area contributed by atoms with Crippen molar-refractivity contribution in [3.8, 4) is 5.75 Å². The first kappa shape index (κ1) is 11.3. The van der Waals surface area contributed by atoms with Crippen LogP contribution in [-0.2, 0) is 0 Å². The predicted molar refractivity (Wildman–Crippen MR) is 68.0 cm³/mol. The molecule has 2 heteroatoms. The molecule has 0 bridgehead atoms. The van der Waals surface area contributed by atoms with Gasteiger partial charge in [-0.15, -0.1) is 0 Å². The zero-order valence-electron chi connectivity index (χ0n) is 10.2.